The number of fused-ring (bicyclic) bond motifs is 3. The SMILES string of the molecule is CC1(C)C(NC(=O)c2ccc(CCCCCCN3C[C@@H]4C[C@H]3CN4c3ccc4c(c3)CN(C3CCC(=O)NC3=O)C4=O)cc2)C(C)(C)C1Oc1ccc(C#N)c(Cl)c1. The average molecular weight is 805 g/mol. The van der Waals surface area contributed by atoms with Gasteiger partial charge < -0.3 is 19.9 Å². The van der Waals surface area contributed by atoms with Gasteiger partial charge in [0.25, 0.3) is 11.8 Å². The maximum atomic E-state index is 13.4. The molecule has 8 rings (SSSR count). The van der Waals surface area contributed by atoms with Crippen LogP contribution < -0.4 is 20.3 Å². The van der Waals surface area contributed by atoms with Crippen molar-refractivity contribution in [2.45, 2.75) is 116 Å². The van der Waals surface area contributed by atoms with Crippen LogP contribution >= 0.6 is 11.6 Å². The van der Waals surface area contributed by atoms with Crippen LogP contribution in [-0.4, -0.2) is 83.3 Å². The number of amides is 4. The van der Waals surface area contributed by atoms with Gasteiger partial charge in [0.1, 0.15) is 24.0 Å². The van der Waals surface area contributed by atoms with E-state index in [0.717, 1.165) is 50.1 Å². The first-order valence-electron chi connectivity index (χ1n) is 20.8. The third-order valence-electron chi connectivity index (χ3n) is 13.5. The van der Waals surface area contributed by atoms with E-state index in [0.29, 0.717) is 52.5 Å². The number of likely N-dealkylation sites (tertiary alicyclic amines) is 1. The lowest BCUT2D eigenvalue weighted by Gasteiger charge is -2.63. The number of halogens is 1. The van der Waals surface area contributed by atoms with E-state index in [1.807, 2.05) is 18.2 Å². The van der Waals surface area contributed by atoms with Gasteiger partial charge in [0.05, 0.1) is 10.6 Å². The number of rotatable bonds is 13. The van der Waals surface area contributed by atoms with Crippen molar-refractivity contribution in [1.29, 1.82) is 5.26 Å². The number of nitrogens with one attached hydrogen (secondary N) is 2. The van der Waals surface area contributed by atoms with E-state index in [1.165, 1.54) is 24.8 Å². The Morgan fingerprint density at radius 2 is 1.69 bits per heavy atom. The summed E-state index contributed by atoms with van der Waals surface area (Å²) in [7, 11) is 0. The molecule has 2 bridgehead atoms. The molecule has 0 radical (unpaired) electrons. The number of anilines is 1. The minimum Gasteiger partial charge on any atom is -0.489 e. The van der Waals surface area contributed by atoms with Crippen molar-refractivity contribution in [1.82, 2.24) is 20.4 Å². The zero-order valence-corrected chi connectivity index (χ0v) is 34.6. The highest BCUT2D eigenvalue weighted by Crippen LogP contribution is 2.55. The number of unbranched alkanes of at least 4 members (excludes halogenated alkanes) is 3. The normalized spacial score (nSPS) is 25.6. The second kappa shape index (κ2) is 15.7. The maximum absolute atomic E-state index is 13.4. The fourth-order valence-corrected chi connectivity index (χ4v) is 10.9. The molecule has 5 aliphatic rings. The minimum absolute atomic E-state index is 0.0848. The molecule has 11 nitrogen and oxygen atoms in total. The first-order chi connectivity index (χ1) is 27.7. The van der Waals surface area contributed by atoms with Gasteiger partial charge in [-0.25, -0.2) is 0 Å². The van der Waals surface area contributed by atoms with Gasteiger partial charge in [-0.1, -0.05) is 64.3 Å². The number of hydrogen-bond acceptors (Lipinski definition) is 8. The molecule has 2 N–H and O–H groups in total. The van der Waals surface area contributed by atoms with E-state index in [-0.39, 0.29) is 53.0 Å². The highest BCUT2D eigenvalue weighted by Gasteiger charge is 2.64. The van der Waals surface area contributed by atoms with Gasteiger partial charge in [-0.05, 0) is 92.2 Å². The number of nitriles is 1. The highest BCUT2D eigenvalue weighted by atomic mass is 35.5. The summed E-state index contributed by atoms with van der Waals surface area (Å²) < 4.78 is 6.37. The summed E-state index contributed by atoms with van der Waals surface area (Å²) in [5.74, 6) is -0.254. The third-order valence-corrected chi connectivity index (χ3v) is 13.8. The van der Waals surface area contributed by atoms with Gasteiger partial charge in [0.2, 0.25) is 11.8 Å². The van der Waals surface area contributed by atoms with Crippen molar-refractivity contribution >= 4 is 40.9 Å². The van der Waals surface area contributed by atoms with Gasteiger partial charge in [0, 0.05) is 77.9 Å². The van der Waals surface area contributed by atoms with Crippen LogP contribution in [0.1, 0.15) is 110 Å². The van der Waals surface area contributed by atoms with Gasteiger partial charge in [-0.15, -0.1) is 0 Å². The second-order valence-corrected chi connectivity index (χ2v) is 18.5. The summed E-state index contributed by atoms with van der Waals surface area (Å²) in [4.78, 5) is 57.4. The van der Waals surface area contributed by atoms with E-state index in [2.05, 4.69) is 78.5 Å². The molecule has 58 heavy (non-hydrogen) atoms. The van der Waals surface area contributed by atoms with E-state index in [4.69, 9.17) is 16.3 Å². The lowest BCUT2D eigenvalue weighted by Crippen LogP contribution is -2.74. The monoisotopic (exact) mass is 804 g/mol. The molecule has 304 valence electrons. The Morgan fingerprint density at radius 3 is 2.38 bits per heavy atom. The topological polar surface area (TPSA) is 135 Å². The molecule has 1 saturated carbocycles. The highest BCUT2D eigenvalue weighted by molar-refractivity contribution is 6.31. The summed E-state index contributed by atoms with van der Waals surface area (Å²) >= 11 is 6.25. The summed E-state index contributed by atoms with van der Waals surface area (Å²) in [5, 5.41) is 15.2. The quantitative estimate of drug-likeness (QED) is 0.145. The number of hydrogen-bond donors (Lipinski definition) is 2. The third kappa shape index (κ3) is 7.46. The molecule has 12 heteroatoms. The van der Waals surface area contributed by atoms with Crippen LogP contribution in [0.25, 0.3) is 0 Å². The van der Waals surface area contributed by atoms with Crippen LogP contribution in [0.3, 0.4) is 0 Å². The molecule has 4 amide bonds. The Bertz CT molecular complexity index is 2150. The van der Waals surface area contributed by atoms with E-state index >= 15 is 0 Å². The van der Waals surface area contributed by atoms with Crippen molar-refractivity contribution in [3.8, 4) is 11.8 Å². The van der Waals surface area contributed by atoms with E-state index < -0.39 is 6.04 Å². The second-order valence-electron chi connectivity index (χ2n) is 18.1. The Morgan fingerprint density at radius 1 is 0.931 bits per heavy atom. The number of piperidine rings is 1. The number of carbonyl (C=O) groups is 4. The number of imide groups is 1. The summed E-state index contributed by atoms with van der Waals surface area (Å²) in [6.07, 6.45) is 7.28. The Kier molecular flexibility index (Phi) is 10.8. The standard InChI is InChI=1S/C46H53ClN6O5/c1-45(2)43(46(3,4)44(45)58-35-16-14-30(24-48)37(47)23-35)50-40(55)29-12-10-28(11-13-29)9-7-5-6-8-20-51-26-34-22-33(51)27-52(34)32-15-17-36-31(21-32)25-53(42(36)57)38-18-19-39(54)49-41(38)56/h10-17,21,23,33-34,38,43-44H,5-9,18-20,22,25-27H2,1-4H3,(H,50,55)(H,49,54,56)/t33-,34-,38?,43?,44?/m0/s1. The molecule has 3 saturated heterocycles. The fraction of sp³-hybridized carbons (Fsp3) is 0.500. The van der Waals surface area contributed by atoms with Crippen molar-refractivity contribution < 1.29 is 23.9 Å². The Hall–Kier alpha value is -4.92. The molecule has 0 spiro atoms. The predicted octanol–water partition coefficient (Wildman–Crippen LogP) is 6.65. The molecule has 4 heterocycles. The molecule has 4 aliphatic heterocycles. The lowest BCUT2D eigenvalue weighted by atomic mass is 9.49. The maximum Gasteiger partial charge on any atom is 0.255 e. The van der Waals surface area contributed by atoms with Crippen LogP contribution in [0.2, 0.25) is 5.02 Å². The number of piperazine rings is 1. The molecular weight excluding hydrogens is 752 g/mol. The predicted molar refractivity (Wildman–Crippen MR) is 222 cm³/mol. The first-order valence-corrected chi connectivity index (χ1v) is 21.2. The molecule has 1 aliphatic carbocycles. The van der Waals surface area contributed by atoms with Crippen LogP contribution in [0.4, 0.5) is 5.69 Å². The summed E-state index contributed by atoms with van der Waals surface area (Å²) in [6.45, 7) is 12.0. The number of benzene rings is 3. The molecule has 3 aromatic rings. The molecule has 4 fully saturated rings. The molecule has 3 atom stereocenters. The summed E-state index contributed by atoms with van der Waals surface area (Å²) in [5.41, 5.74) is 4.42. The van der Waals surface area contributed by atoms with Crippen LogP contribution in [0.15, 0.2) is 60.7 Å². The molecule has 1 unspecified atom stereocenters. The van der Waals surface area contributed by atoms with Gasteiger partial charge in [-0.2, -0.15) is 5.26 Å². The van der Waals surface area contributed by atoms with Crippen LogP contribution in [-0.2, 0) is 22.6 Å². The Labute approximate surface area is 346 Å². The summed E-state index contributed by atoms with van der Waals surface area (Å²) in [6, 6.07) is 21.6. The van der Waals surface area contributed by atoms with Crippen molar-refractivity contribution in [3.63, 3.8) is 0 Å². The smallest absolute Gasteiger partial charge is 0.255 e. The zero-order chi connectivity index (χ0) is 40.9. The van der Waals surface area contributed by atoms with E-state index in [9.17, 15) is 24.4 Å². The molecule has 3 aromatic carbocycles. The Balaban J connectivity index is 0.740. The van der Waals surface area contributed by atoms with Crippen LogP contribution in [0, 0.1) is 22.2 Å². The number of nitrogens with zero attached hydrogens (tertiary/aromatic N) is 4. The molecule has 0 aromatic heterocycles. The first kappa shape index (κ1) is 39.9. The van der Waals surface area contributed by atoms with Crippen molar-refractivity contribution in [3.05, 3.63) is 93.5 Å². The average Bonchev–Trinajstić information content (AvgIpc) is 3.90. The van der Waals surface area contributed by atoms with E-state index in [1.54, 1.807) is 23.1 Å². The number of carbonyl (C=O) groups excluding carboxylic acids is 4. The van der Waals surface area contributed by atoms with Crippen molar-refractivity contribution in [2.75, 3.05) is 24.5 Å². The largest absolute Gasteiger partial charge is 0.489 e. The molecular formula is C46H53ClN6O5. The fourth-order valence-electron chi connectivity index (χ4n) is 10.7. The number of ether oxygens (including phenoxy) is 1. The van der Waals surface area contributed by atoms with Gasteiger partial charge >= 0.3 is 0 Å². The van der Waals surface area contributed by atoms with Gasteiger partial charge in [0.15, 0.2) is 0 Å². The van der Waals surface area contributed by atoms with Crippen LogP contribution in [0.5, 0.6) is 5.75 Å². The minimum atomic E-state index is -0.593. The zero-order valence-electron chi connectivity index (χ0n) is 33.9. The van der Waals surface area contributed by atoms with Gasteiger partial charge in [-0.3, -0.25) is 29.4 Å². The number of aryl methyl sites for hydroxylation is 1. The lowest BCUT2D eigenvalue weighted by molar-refractivity contribution is -0.164. The van der Waals surface area contributed by atoms with Crippen molar-refractivity contribution in [2.24, 2.45) is 10.8 Å².